The molecule has 0 saturated carbocycles. The number of rotatable bonds is 3. The first-order valence-corrected chi connectivity index (χ1v) is 6.88. The van der Waals surface area contributed by atoms with Gasteiger partial charge in [0.25, 0.3) is 5.69 Å². The van der Waals surface area contributed by atoms with Crippen LogP contribution in [0.4, 0.5) is 5.69 Å². The zero-order valence-electron chi connectivity index (χ0n) is 12.3. The van der Waals surface area contributed by atoms with Gasteiger partial charge in [0.05, 0.1) is 16.6 Å². The zero-order chi connectivity index (χ0) is 14.9. The summed E-state index contributed by atoms with van der Waals surface area (Å²) in [7, 11) is 0. The Bertz CT molecular complexity index is 519. The Morgan fingerprint density at radius 1 is 1.40 bits per heavy atom. The third-order valence-electron chi connectivity index (χ3n) is 3.93. The van der Waals surface area contributed by atoms with E-state index in [-0.39, 0.29) is 28.2 Å². The zero-order valence-corrected chi connectivity index (χ0v) is 12.3. The van der Waals surface area contributed by atoms with Crippen molar-refractivity contribution in [3.8, 4) is 0 Å². The quantitative estimate of drug-likeness (QED) is 0.466. The second-order valence-corrected chi connectivity index (χ2v) is 6.14. The minimum absolute atomic E-state index is 0.0722. The van der Waals surface area contributed by atoms with E-state index in [2.05, 4.69) is 20.4 Å². The molecule has 0 aliphatic carbocycles. The fraction of sp³-hybridized carbons (Fsp3) is 0.500. The summed E-state index contributed by atoms with van der Waals surface area (Å²) in [5.41, 5.74) is 2.02. The molecule has 0 radical (unpaired) electrons. The lowest BCUT2D eigenvalue weighted by molar-refractivity contribution is -0.384. The van der Waals surface area contributed by atoms with E-state index in [1.165, 1.54) is 12.1 Å². The summed E-state index contributed by atoms with van der Waals surface area (Å²) in [6.07, 6.45) is 1.95. The average Bonchev–Trinajstić information content (AvgIpc) is 2.37. The van der Waals surface area contributed by atoms with Crippen LogP contribution in [0.25, 0.3) is 0 Å². The molecule has 1 aliphatic rings. The standard InChI is InChI=1S/C16H21NO3/c1-11(2)14-9-10-16(3,4)20-15(14)12-5-7-13(8-6-12)17(18)19/h5-8,14-15H,1,9-10H2,2-4H3. The van der Waals surface area contributed by atoms with Crippen molar-refractivity contribution in [2.45, 2.75) is 45.3 Å². The van der Waals surface area contributed by atoms with Crippen LogP contribution in [0.3, 0.4) is 0 Å². The molecule has 2 unspecified atom stereocenters. The van der Waals surface area contributed by atoms with Crippen molar-refractivity contribution in [3.63, 3.8) is 0 Å². The molecule has 2 rings (SSSR count). The first kappa shape index (κ1) is 14.7. The molecule has 4 nitrogen and oxygen atoms in total. The van der Waals surface area contributed by atoms with Crippen LogP contribution >= 0.6 is 0 Å². The number of ether oxygens (including phenoxy) is 1. The van der Waals surface area contributed by atoms with E-state index in [9.17, 15) is 10.1 Å². The number of hydrogen-bond acceptors (Lipinski definition) is 3. The summed E-state index contributed by atoms with van der Waals surface area (Å²) in [6, 6.07) is 6.66. The van der Waals surface area contributed by atoms with Crippen molar-refractivity contribution in [1.29, 1.82) is 0 Å². The van der Waals surface area contributed by atoms with E-state index in [1.54, 1.807) is 12.1 Å². The van der Waals surface area contributed by atoms with Crippen molar-refractivity contribution in [3.05, 3.63) is 52.1 Å². The number of non-ortho nitro benzene ring substituents is 1. The second-order valence-electron chi connectivity index (χ2n) is 6.14. The van der Waals surface area contributed by atoms with Gasteiger partial charge in [0.15, 0.2) is 0 Å². The van der Waals surface area contributed by atoms with Gasteiger partial charge in [-0.05, 0) is 51.3 Å². The molecule has 1 aromatic carbocycles. The molecule has 0 bridgehead atoms. The molecule has 1 heterocycles. The Kier molecular flexibility index (Phi) is 3.95. The highest BCUT2D eigenvalue weighted by Crippen LogP contribution is 2.43. The van der Waals surface area contributed by atoms with Crippen LogP contribution in [0.15, 0.2) is 36.4 Å². The van der Waals surface area contributed by atoms with Gasteiger partial charge in [0.2, 0.25) is 0 Å². The highest BCUT2D eigenvalue weighted by atomic mass is 16.6. The van der Waals surface area contributed by atoms with Crippen LogP contribution in [0.2, 0.25) is 0 Å². The van der Waals surface area contributed by atoms with Crippen LogP contribution in [0.5, 0.6) is 0 Å². The fourth-order valence-electron chi connectivity index (χ4n) is 2.73. The van der Waals surface area contributed by atoms with Crippen LogP contribution in [0.1, 0.15) is 45.3 Å². The minimum atomic E-state index is -0.383. The van der Waals surface area contributed by atoms with Crippen molar-refractivity contribution < 1.29 is 9.66 Å². The molecule has 0 N–H and O–H groups in total. The summed E-state index contributed by atoms with van der Waals surface area (Å²) in [5, 5.41) is 10.7. The summed E-state index contributed by atoms with van der Waals surface area (Å²) in [4.78, 5) is 10.3. The first-order chi connectivity index (χ1) is 9.30. The number of benzene rings is 1. The molecular formula is C16H21NO3. The molecule has 4 heteroatoms. The SMILES string of the molecule is C=C(C)C1CCC(C)(C)OC1c1ccc([N+](=O)[O-])cc1. The summed E-state index contributed by atoms with van der Waals surface area (Å²) >= 11 is 0. The Hall–Kier alpha value is -1.68. The fourth-order valence-corrected chi connectivity index (χ4v) is 2.73. The maximum Gasteiger partial charge on any atom is 0.269 e. The predicted molar refractivity (Wildman–Crippen MR) is 78.5 cm³/mol. The second kappa shape index (κ2) is 5.37. The van der Waals surface area contributed by atoms with Gasteiger partial charge in [0, 0.05) is 18.1 Å². The highest BCUT2D eigenvalue weighted by Gasteiger charge is 2.36. The largest absolute Gasteiger partial charge is 0.367 e. The van der Waals surface area contributed by atoms with E-state index < -0.39 is 0 Å². The van der Waals surface area contributed by atoms with Gasteiger partial charge in [-0.15, -0.1) is 0 Å². The smallest absolute Gasteiger partial charge is 0.269 e. The van der Waals surface area contributed by atoms with Crippen molar-refractivity contribution in [1.82, 2.24) is 0 Å². The summed E-state index contributed by atoms with van der Waals surface area (Å²) < 4.78 is 6.20. The molecule has 0 amide bonds. The molecule has 1 fully saturated rings. The van der Waals surface area contributed by atoms with E-state index in [4.69, 9.17) is 4.74 Å². The molecule has 1 aromatic rings. The normalized spacial score (nSPS) is 25.1. The van der Waals surface area contributed by atoms with E-state index in [0.29, 0.717) is 0 Å². The molecule has 1 aliphatic heterocycles. The first-order valence-electron chi connectivity index (χ1n) is 6.88. The van der Waals surface area contributed by atoms with E-state index >= 15 is 0 Å². The van der Waals surface area contributed by atoms with E-state index in [0.717, 1.165) is 24.0 Å². The van der Waals surface area contributed by atoms with Crippen LogP contribution in [-0.4, -0.2) is 10.5 Å². The average molecular weight is 275 g/mol. The lowest BCUT2D eigenvalue weighted by Crippen LogP contribution is -2.36. The van der Waals surface area contributed by atoms with Crippen molar-refractivity contribution >= 4 is 5.69 Å². The maximum absolute atomic E-state index is 10.7. The number of nitro benzene ring substituents is 1. The third kappa shape index (κ3) is 3.07. The van der Waals surface area contributed by atoms with Gasteiger partial charge in [0.1, 0.15) is 0 Å². The van der Waals surface area contributed by atoms with E-state index in [1.807, 2.05) is 6.92 Å². The molecular weight excluding hydrogens is 254 g/mol. The molecule has 0 aromatic heterocycles. The van der Waals surface area contributed by atoms with Crippen molar-refractivity contribution in [2.75, 3.05) is 0 Å². The highest BCUT2D eigenvalue weighted by molar-refractivity contribution is 5.34. The number of nitrogens with zero attached hydrogens (tertiary/aromatic N) is 1. The number of hydrogen-bond donors (Lipinski definition) is 0. The maximum atomic E-state index is 10.7. The van der Waals surface area contributed by atoms with Crippen LogP contribution < -0.4 is 0 Å². The Labute approximate surface area is 119 Å². The third-order valence-corrected chi connectivity index (χ3v) is 3.93. The molecule has 1 saturated heterocycles. The minimum Gasteiger partial charge on any atom is -0.367 e. The Balaban J connectivity index is 2.30. The summed E-state index contributed by atoms with van der Waals surface area (Å²) in [6.45, 7) is 10.2. The van der Waals surface area contributed by atoms with Crippen LogP contribution in [-0.2, 0) is 4.74 Å². The van der Waals surface area contributed by atoms with Gasteiger partial charge in [-0.25, -0.2) is 0 Å². The van der Waals surface area contributed by atoms with Gasteiger partial charge in [-0.3, -0.25) is 10.1 Å². The molecule has 2 atom stereocenters. The molecule has 0 spiro atoms. The van der Waals surface area contributed by atoms with Gasteiger partial charge < -0.3 is 4.74 Å². The Morgan fingerprint density at radius 3 is 2.50 bits per heavy atom. The monoisotopic (exact) mass is 275 g/mol. The predicted octanol–water partition coefficient (Wildman–Crippen LogP) is 4.42. The molecule has 108 valence electrons. The summed E-state index contributed by atoms with van der Waals surface area (Å²) in [5.74, 6) is 0.268. The van der Waals surface area contributed by atoms with Gasteiger partial charge in [-0.2, -0.15) is 0 Å². The number of nitro groups is 1. The van der Waals surface area contributed by atoms with Gasteiger partial charge in [-0.1, -0.05) is 12.2 Å². The van der Waals surface area contributed by atoms with Crippen LogP contribution in [0, 0.1) is 16.0 Å². The molecule has 20 heavy (non-hydrogen) atoms. The Morgan fingerprint density at radius 2 is 2.00 bits per heavy atom. The topological polar surface area (TPSA) is 52.4 Å². The van der Waals surface area contributed by atoms with Gasteiger partial charge >= 0.3 is 0 Å². The van der Waals surface area contributed by atoms with Crippen molar-refractivity contribution in [2.24, 2.45) is 5.92 Å². The lowest BCUT2D eigenvalue weighted by atomic mass is 9.80. The lowest BCUT2D eigenvalue weighted by Gasteiger charge is -2.42.